The molecule has 0 aliphatic carbocycles. The van der Waals surface area contributed by atoms with Gasteiger partial charge in [-0.2, -0.15) is 4.39 Å². The van der Waals surface area contributed by atoms with Gasteiger partial charge in [-0.05, 0) is 38.2 Å². The molecule has 0 aliphatic heterocycles. The van der Waals surface area contributed by atoms with E-state index in [9.17, 15) is 9.18 Å². The van der Waals surface area contributed by atoms with Crippen LogP contribution in [0.25, 0.3) is 0 Å². The summed E-state index contributed by atoms with van der Waals surface area (Å²) in [5, 5.41) is 8.25. The topological polar surface area (TPSA) is 37.3 Å². The first-order valence-corrected chi connectivity index (χ1v) is 5.92. The molecule has 0 amide bonds. The normalized spacial score (nSPS) is 12.2. The molecular weight excluding hydrogens is 207 g/mol. The first-order valence-electron chi connectivity index (χ1n) is 5.92. The van der Waals surface area contributed by atoms with Crippen molar-refractivity contribution in [2.45, 2.75) is 51.9 Å². The van der Waals surface area contributed by atoms with Gasteiger partial charge in [0.15, 0.2) is 0 Å². The van der Waals surface area contributed by atoms with Gasteiger partial charge in [-0.1, -0.05) is 31.9 Å². The van der Waals surface area contributed by atoms with Gasteiger partial charge in [-0.3, -0.25) is 0 Å². The summed E-state index contributed by atoms with van der Waals surface area (Å²) in [7, 11) is 0. The fourth-order valence-electron chi connectivity index (χ4n) is 1.30. The molecule has 0 spiro atoms. The molecule has 0 saturated heterocycles. The SMILES string of the molecule is CCCCCC=CCCCC=C(F)C(=O)O. The smallest absolute Gasteiger partial charge is 0.364 e. The lowest BCUT2D eigenvalue weighted by Gasteiger charge is -1.93. The first-order chi connectivity index (χ1) is 7.68. The molecule has 0 rings (SSSR count). The average Bonchev–Trinajstić information content (AvgIpc) is 2.26. The summed E-state index contributed by atoms with van der Waals surface area (Å²) in [4.78, 5) is 10.1. The Balaban J connectivity index is 3.39. The van der Waals surface area contributed by atoms with Crippen molar-refractivity contribution >= 4 is 5.97 Å². The highest BCUT2D eigenvalue weighted by Gasteiger charge is 2.02. The predicted octanol–water partition coefficient (Wildman–Crippen LogP) is 4.23. The van der Waals surface area contributed by atoms with E-state index in [4.69, 9.17) is 5.11 Å². The molecule has 0 aliphatic rings. The second kappa shape index (κ2) is 10.4. The lowest BCUT2D eigenvalue weighted by Crippen LogP contribution is -1.93. The highest BCUT2D eigenvalue weighted by Crippen LogP contribution is 2.05. The molecule has 1 N–H and O–H groups in total. The van der Waals surface area contributed by atoms with Crippen molar-refractivity contribution in [2.75, 3.05) is 0 Å². The van der Waals surface area contributed by atoms with Crippen molar-refractivity contribution < 1.29 is 14.3 Å². The van der Waals surface area contributed by atoms with E-state index in [0.717, 1.165) is 25.3 Å². The van der Waals surface area contributed by atoms with Crippen molar-refractivity contribution in [3.8, 4) is 0 Å². The van der Waals surface area contributed by atoms with E-state index in [1.807, 2.05) is 0 Å². The Hall–Kier alpha value is -1.12. The van der Waals surface area contributed by atoms with Crippen LogP contribution in [0.5, 0.6) is 0 Å². The maximum absolute atomic E-state index is 12.5. The number of hydrogen-bond acceptors (Lipinski definition) is 1. The predicted molar refractivity (Wildman–Crippen MR) is 64.0 cm³/mol. The molecule has 0 aromatic rings. The number of unbranched alkanes of at least 4 members (excludes halogenated alkanes) is 5. The molecule has 92 valence electrons. The second-order valence-electron chi connectivity index (χ2n) is 3.76. The zero-order valence-corrected chi connectivity index (χ0v) is 9.92. The van der Waals surface area contributed by atoms with Crippen LogP contribution in [0.3, 0.4) is 0 Å². The number of rotatable bonds is 9. The van der Waals surface area contributed by atoms with Gasteiger partial charge in [-0.25, -0.2) is 4.79 Å². The maximum Gasteiger partial charge on any atom is 0.364 e. The van der Waals surface area contributed by atoms with Crippen LogP contribution < -0.4 is 0 Å². The fourth-order valence-corrected chi connectivity index (χ4v) is 1.30. The third-order valence-corrected chi connectivity index (χ3v) is 2.24. The van der Waals surface area contributed by atoms with Gasteiger partial charge in [0.1, 0.15) is 0 Å². The van der Waals surface area contributed by atoms with E-state index in [2.05, 4.69) is 19.1 Å². The van der Waals surface area contributed by atoms with Crippen LogP contribution in [0, 0.1) is 0 Å². The van der Waals surface area contributed by atoms with Gasteiger partial charge in [0.25, 0.3) is 0 Å². The Labute approximate surface area is 96.9 Å². The summed E-state index contributed by atoms with van der Waals surface area (Å²) >= 11 is 0. The molecule has 3 heteroatoms. The van der Waals surface area contributed by atoms with Crippen LogP contribution in [-0.2, 0) is 4.79 Å². The Kier molecular flexibility index (Phi) is 9.67. The van der Waals surface area contributed by atoms with Gasteiger partial charge in [0.2, 0.25) is 5.83 Å². The molecule has 0 heterocycles. The number of carboxylic acids is 1. The van der Waals surface area contributed by atoms with Crippen LogP contribution in [0.1, 0.15) is 51.9 Å². The fraction of sp³-hybridized carbons (Fsp3) is 0.615. The number of halogens is 1. The third-order valence-electron chi connectivity index (χ3n) is 2.24. The monoisotopic (exact) mass is 228 g/mol. The van der Waals surface area contributed by atoms with E-state index in [0.29, 0.717) is 6.42 Å². The summed E-state index contributed by atoms with van der Waals surface area (Å²) in [5.41, 5.74) is 0. The Morgan fingerprint density at radius 2 is 1.75 bits per heavy atom. The largest absolute Gasteiger partial charge is 0.476 e. The first kappa shape index (κ1) is 14.9. The molecule has 0 bridgehead atoms. The standard InChI is InChI=1S/C13H21FO2/c1-2-3-4-5-6-7-8-9-10-11-12(14)13(15)16/h6-7,11H,2-5,8-10H2,1H3,(H,15,16). The van der Waals surface area contributed by atoms with Gasteiger partial charge in [0, 0.05) is 0 Å². The Morgan fingerprint density at radius 1 is 1.12 bits per heavy atom. The van der Waals surface area contributed by atoms with Gasteiger partial charge in [0.05, 0.1) is 0 Å². The third kappa shape index (κ3) is 9.44. The summed E-state index contributed by atoms with van der Waals surface area (Å²) in [5.74, 6) is -2.53. The number of carboxylic acid groups (broad SMARTS) is 1. The molecular formula is C13H21FO2. The molecule has 2 nitrogen and oxygen atoms in total. The zero-order chi connectivity index (χ0) is 12.2. The number of allylic oxidation sites excluding steroid dienone is 3. The lowest BCUT2D eigenvalue weighted by molar-refractivity contribution is -0.134. The summed E-state index contributed by atoms with van der Waals surface area (Å²) in [6, 6.07) is 0. The van der Waals surface area contributed by atoms with Crippen LogP contribution in [0.4, 0.5) is 4.39 Å². The molecule has 0 aromatic carbocycles. The average molecular weight is 228 g/mol. The van der Waals surface area contributed by atoms with Crippen molar-refractivity contribution in [2.24, 2.45) is 0 Å². The quantitative estimate of drug-likeness (QED) is 0.364. The van der Waals surface area contributed by atoms with E-state index in [-0.39, 0.29) is 0 Å². The highest BCUT2D eigenvalue weighted by molar-refractivity contribution is 5.83. The van der Waals surface area contributed by atoms with Crippen LogP contribution in [0.2, 0.25) is 0 Å². The molecule has 0 atom stereocenters. The lowest BCUT2D eigenvalue weighted by atomic mass is 10.1. The number of hydrogen-bond donors (Lipinski definition) is 1. The summed E-state index contributed by atoms with van der Waals surface area (Å²) in [6.45, 7) is 2.17. The van der Waals surface area contributed by atoms with Gasteiger partial charge < -0.3 is 5.11 Å². The number of aliphatic carboxylic acids is 1. The van der Waals surface area contributed by atoms with E-state index < -0.39 is 11.8 Å². The summed E-state index contributed by atoms with van der Waals surface area (Å²) in [6.07, 6.45) is 12.3. The Bertz CT molecular complexity index is 244. The second-order valence-corrected chi connectivity index (χ2v) is 3.76. The van der Waals surface area contributed by atoms with Crippen molar-refractivity contribution in [3.63, 3.8) is 0 Å². The minimum atomic E-state index is -1.48. The molecule has 0 fully saturated rings. The van der Waals surface area contributed by atoms with Gasteiger partial charge >= 0.3 is 5.97 Å². The molecule has 0 radical (unpaired) electrons. The van der Waals surface area contributed by atoms with Crippen molar-refractivity contribution in [1.29, 1.82) is 0 Å². The minimum absolute atomic E-state index is 0.484. The minimum Gasteiger partial charge on any atom is -0.476 e. The molecule has 16 heavy (non-hydrogen) atoms. The van der Waals surface area contributed by atoms with Crippen LogP contribution in [-0.4, -0.2) is 11.1 Å². The Morgan fingerprint density at radius 3 is 2.31 bits per heavy atom. The molecule has 0 aromatic heterocycles. The number of carbonyl (C=O) groups is 1. The zero-order valence-electron chi connectivity index (χ0n) is 9.92. The van der Waals surface area contributed by atoms with Crippen LogP contribution >= 0.6 is 0 Å². The summed E-state index contributed by atoms with van der Waals surface area (Å²) < 4.78 is 12.5. The van der Waals surface area contributed by atoms with Gasteiger partial charge in [-0.15, -0.1) is 0 Å². The van der Waals surface area contributed by atoms with Crippen molar-refractivity contribution in [3.05, 3.63) is 24.1 Å². The maximum atomic E-state index is 12.5. The van der Waals surface area contributed by atoms with Crippen LogP contribution in [0.15, 0.2) is 24.1 Å². The molecule has 0 unspecified atom stereocenters. The highest BCUT2D eigenvalue weighted by atomic mass is 19.1. The van der Waals surface area contributed by atoms with E-state index in [1.54, 1.807) is 0 Å². The molecule has 0 saturated carbocycles. The van der Waals surface area contributed by atoms with E-state index >= 15 is 0 Å². The van der Waals surface area contributed by atoms with Crippen molar-refractivity contribution in [1.82, 2.24) is 0 Å². The van der Waals surface area contributed by atoms with E-state index in [1.165, 1.54) is 19.3 Å².